The minimum absolute atomic E-state index is 0.178. The van der Waals surface area contributed by atoms with Gasteiger partial charge in [0.05, 0.1) is 0 Å². The Hall–Kier alpha value is -1.47. The number of hydrogen-bond donors (Lipinski definition) is 0. The molecule has 0 aromatic heterocycles. The molecule has 1 aliphatic heterocycles. The molecule has 1 heterocycles. The van der Waals surface area contributed by atoms with E-state index in [0.29, 0.717) is 12.5 Å². The van der Waals surface area contributed by atoms with E-state index in [1.165, 1.54) is 22.9 Å². The molecule has 0 spiro atoms. The zero-order valence-corrected chi connectivity index (χ0v) is 17.0. The Labute approximate surface area is 161 Å². The molecule has 1 aromatic carbocycles. The van der Waals surface area contributed by atoms with E-state index in [1.807, 2.05) is 4.90 Å². The van der Waals surface area contributed by atoms with Gasteiger partial charge in [-0.25, -0.2) is 12.8 Å². The number of piperidine rings is 1. The van der Waals surface area contributed by atoms with Gasteiger partial charge in [-0.15, -0.1) is 0 Å². The zero-order valence-electron chi connectivity index (χ0n) is 16.2. The Morgan fingerprint density at radius 1 is 1.15 bits per heavy atom. The number of hydrogen-bond acceptors (Lipinski definition) is 3. The number of carbonyl (C=O) groups is 1. The lowest BCUT2D eigenvalue weighted by molar-refractivity contribution is 0.0390. The number of likely N-dealkylation sites (tertiary alicyclic amines) is 1. The van der Waals surface area contributed by atoms with Crippen molar-refractivity contribution >= 4 is 15.9 Å². The second-order valence-corrected chi connectivity index (χ2v) is 9.39. The maximum atomic E-state index is 14.3. The zero-order chi connectivity index (χ0) is 19.6. The van der Waals surface area contributed by atoms with Crippen LogP contribution in [-0.2, 0) is 10.0 Å². The van der Waals surface area contributed by atoms with Crippen molar-refractivity contribution in [3.05, 3.63) is 29.6 Å². The van der Waals surface area contributed by atoms with Gasteiger partial charge < -0.3 is 4.90 Å². The van der Waals surface area contributed by atoms with Crippen LogP contribution in [0.1, 0.15) is 62.7 Å². The first kappa shape index (κ1) is 20.3. The van der Waals surface area contributed by atoms with Crippen LogP contribution in [0.2, 0.25) is 0 Å². The lowest BCUT2D eigenvalue weighted by Gasteiger charge is -2.44. The topological polar surface area (TPSA) is 57.7 Å². The van der Waals surface area contributed by atoms with Crippen molar-refractivity contribution in [3.8, 4) is 0 Å². The summed E-state index contributed by atoms with van der Waals surface area (Å²) in [5, 5.41) is 0. The maximum Gasteiger partial charge on any atom is 0.254 e. The molecule has 0 radical (unpaired) electrons. The second kappa shape index (κ2) is 8.27. The van der Waals surface area contributed by atoms with Gasteiger partial charge in [-0.05, 0) is 49.8 Å². The van der Waals surface area contributed by atoms with Gasteiger partial charge in [0.15, 0.2) is 0 Å². The summed E-state index contributed by atoms with van der Waals surface area (Å²) in [6.07, 6.45) is 6.61. The van der Waals surface area contributed by atoms with Crippen LogP contribution in [-0.4, -0.2) is 49.2 Å². The highest BCUT2D eigenvalue weighted by Crippen LogP contribution is 2.36. The van der Waals surface area contributed by atoms with E-state index in [-0.39, 0.29) is 30.6 Å². The number of sulfonamides is 1. The van der Waals surface area contributed by atoms with Crippen LogP contribution >= 0.6 is 0 Å². The summed E-state index contributed by atoms with van der Waals surface area (Å²) < 4.78 is 41.1. The fraction of sp³-hybridized carbons (Fsp3) is 0.650. The molecule has 0 N–H and O–H groups in total. The summed E-state index contributed by atoms with van der Waals surface area (Å²) >= 11 is 0. The van der Waals surface area contributed by atoms with Crippen molar-refractivity contribution in [3.63, 3.8) is 0 Å². The number of fused-ring (bicyclic) bond motifs is 1. The number of rotatable bonds is 5. The Morgan fingerprint density at radius 2 is 1.81 bits per heavy atom. The predicted octanol–water partition coefficient (Wildman–Crippen LogP) is 3.65. The van der Waals surface area contributed by atoms with Gasteiger partial charge in [-0.3, -0.25) is 4.79 Å². The SMILES string of the molecule is CCN(CC)S(=O)(=O)c1cc(C(=O)N2CCCC3CCCCC32)ccc1F. The van der Waals surface area contributed by atoms with Gasteiger partial charge in [-0.2, -0.15) is 4.31 Å². The van der Waals surface area contributed by atoms with Crippen molar-refractivity contribution in [1.29, 1.82) is 0 Å². The molecule has 1 aliphatic carbocycles. The van der Waals surface area contributed by atoms with E-state index in [0.717, 1.165) is 38.2 Å². The van der Waals surface area contributed by atoms with Gasteiger partial charge in [-0.1, -0.05) is 26.7 Å². The van der Waals surface area contributed by atoms with Crippen LogP contribution in [0.15, 0.2) is 23.1 Å². The van der Waals surface area contributed by atoms with Crippen molar-refractivity contribution in [2.75, 3.05) is 19.6 Å². The van der Waals surface area contributed by atoms with Crippen LogP contribution in [0.25, 0.3) is 0 Å². The fourth-order valence-corrected chi connectivity index (χ4v) is 6.13. The van der Waals surface area contributed by atoms with Gasteiger partial charge >= 0.3 is 0 Å². The minimum Gasteiger partial charge on any atom is -0.335 e. The van der Waals surface area contributed by atoms with Crippen molar-refractivity contribution in [1.82, 2.24) is 9.21 Å². The molecule has 2 atom stereocenters. The minimum atomic E-state index is -3.95. The molecule has 1 saturated heterocycles. The highest BCUT2D eigenvalue weighted by Gasteiger charge is 2.36. The maximum absolute atomic E-state index is 14.3. The van der Waals surface area contributed by atoms with Gasteiger partial charge in [0.2, 0.25) is 10.0 Å². The first-order valence-corrected chi connectivity index (χ1v) is 11.4. The third kappa shape index (κ3) is 3.90. The number of benzene rings is 1. The average molecular weight is 397 g/mol. The average Bonchev–Trinajstić information content (AvgIpc) is 2.68. The van der Waals surface area contributed by atoms with Crippen molar-refractivity contribution in [2.24, 2.45) is 5.92 Å². The van der Waals surface area contributed by atoms with Gasteiger partial charge in [0.1, 0.15) is 10.7 Å². The summed E-state index contributed by atoms with van der Waals surface area (Å²) in [5.41, 5.74) is 0.258. The molecule has 2 unspecified atom stereocenters. The lowest BCUT2D eigenvalue weighted by atomic mass is 9.78. The van der Waals surface area contributed by atoms with E-state index in [1.54, 1.807) is 13.8 Å². The highest BCUT2D eigenvalue weighted by atomic mass is 32.2. The number of carbonyl (C=O) groups excluding carboxylic acids is 1. The molecule has 3 rings (SSSR count). The Morgan fingerprint density at radius 3 is 2.52 bits per heavy atom. The molecule has 150 valence electrons. The molecule has 2 fully saturated rings. The second-order valence-electron chi connectivity index (χ2n) is 7.49. The van der Waals surface area contributed by atoms with Crippen LogP contribution in [0, 0.1) is 11.7 Å². The third-order valence-electron chi connectivity index (χ3n) is 6.01. The first-order valence-electron chi connectivity index (χ1n) is 10.0. The summed E-state index contributed by atoms with van der Waals surface area (Å²) in [5.74, 6) is -0.453. The monoisotopic (exact) mass is 396 g/mol. The third-order valence-corrected chi connectivity index (χ3v) is 8.07. The van der Waals surface area contributed by atoms with Crippen LogP contribution < -0.4 is 0 Å². The summed E-state index contributed by atoms with van der Waals surface area (Å²) in [4.78, 5) is 14.6. The van der Waals surface area contributed by atoms with E-state index in [4.69, 9.17) is 0 Å². The van der Waals surface area contributed by atoms with E-state index >= 15 is 0 Å². The molecule has 1 saturated carbocycles. The number of amides is 1. The summed E-state index contributed by atoms with van der Waals surface area (Å²) in [7, 11) is -3.95. The lowest BCUT2D eigenvalue weighted by Crippen LogP contribution is -2.49. The van der Waals surface area contributed by atoms with Gasteiger partial charge in [0.25, 0.3) is 5.91 Å². The Balaban J connectivity index is 1.92. The molecule has 0 bridgehead atoms. The van der Waals surface area contributed by atoms with E-state index in [2.05, 4.69) is 0 Å². The molecule has 7 heteroatoms. The number of halogens is 1. The fourth-order valence-electron chi connectivity index (χ4n) is 4.58. The van der Waals surface area contributed by atoms with Crippen molar-refractivity contribution in [2.45, 2.75) is 63.3 Å². The van der Waals surface area contributed by atoms with Crippen molar-refractivity contribution < 1.29 is 17.6 Å². The first-order chi connectivity index (χ1) is 12.9. The smallest absolute Gasteiger partial charge is 0.254 e. The van der Waals surface area contributed by atoms with Crippen LogP contribution in [0.3, 0.4) is 0 Å². The number of nitrogens with zero attached hydrogens (tertiary/aromatic N) is 2. The Bertz CT molecular complexity index is 790. The quantitative estimate of drug-likeness (QED) is 0.763. The molecule has 1 amide bonds. The van der Waals surface area contributed by atoms with E-state index < -0.39 is 20.7 Å². The largest absolute Gasteiger partial charge is 0.335 e. The molecule has 2 aliphatic rings. The summed E-state index contributed by atoms with van der Waals surface area (Å²) in [6, 6.07) is 3.96. The molecule has 1 aromatic rings. The van der Waals surface area contributed by atoms with Crippen LogP contribution in [0.5, 0.6) is 0 Å². The Kier molecular flexibility index (Phi) is 6.21. The normalized spacial score (nSPS) is 23.3. The molecule has 5 nitrogen and oxygen atoms in total. The highest BCUT2D eigenvalue weighted by molar-refractivity contribution is 7.89. The summed E-state index contributed by atoms with van der Waals surface area (Å²) in [6.45, 7) is 4.63. The molecular weight excluding hydrogens is 367 g/mol. The van der Waals surface area contributed by atoms with Gasteiger partial charge in [0, 0.05) is 31.2 Å². The molecular formula is C20H29FN2O3S. The van der Waals surface area contributed by atoms with E-state index in [9.17, 15) is 17.6 Å². The molecule has 27 heavy (non-hydrogen) atoms. The standard InChI is InChI=1S/C20H29FN2O3S/c1-3-22(4-2)27(25,26)19-14-16(11-12-17(19)21)20(24)23-13-7-9-15-8-5-6-10-18(15)23/h11-12,14-15,18H,3-10,13H2,1-2H3. The predicted molar refractivity (Wildman–Crippen MR) is 103 cm³/mol. The van der Waals surface area contributed by atoms with Crippen LogP contribution in [0.4, 0.5) is 4.39 Å².